The minimum absolute atomic E-state index is 0.456. The minimum atomic E-state index is -0.456. The normalized spacial score (nSPS) is 18.4. The summed E-state index contributed by atoms with van der Waals surface area (Å²) in [6.07, 6.45) is 6.52. The Balaban J connectivity index is 1.90. The van der Waals surface area contributed by atoms with E-state index in [-0.39, 0.29) is 0 Å². The van der Waals surface area contributed by atoms with E-state index < -0.39 is 5.54 Å². The van der Waals surface area contributed by atoms with Gasteiger partial charge in [0.05, 0.1) is 10.6 Å². The van der Waals surface area contributed by atoms with E-state index in [1.807, 2.05) is 12.1 Å². The molecule has 1 heterocycles. The molecule has 112 valence electrons. The summed E-state index contributed by atoms with van der Waals surface area (Å²) >= 11 is 9.40. The lowest BCUT2D eigenvalue weighted by molar-refractivity contribution is 0.334. The summed E-state index contributed by atoms with van der Waals surface area (Å²) in [6, 6.07) is 5.53. The van der Waals surface area contributed by atoms with Crippen molar-refractivity contribution < 1.29 is 4.52 Å². The number of hydrogen-bond acceptors (Lipinski definition) is 4. The molecular formula is C15H17BrClN3O. The zero-order valence-corrected chi connectivity index (χ0v) is 14.0. The highest BCUT2D eigenvalue weighted by Gasteiger charge is 2.33. The van der Waals surface area contributed by atoms with Gasteiger partial charge in [-0.05, 0) is 47.0 Å². The molecule has 0 radical (unpaired) electrons. The Bertz CT molecular complexity index is 636. The number of benzene rings is 1. The molecule has 1 saturated carbocycles. The number of halogens is 2. The van der Waals surface area contributed by atoms with Crippen molar-refractivity contribution in [1.29, 1.82) is 0 Å². The molecule has 1 fully saturated rings. The highest BCUT2D eigenvalue weighted by Crippen LogP contribution is 2.34. The molecule has 1 aromatic carbocycles. The molecule has 2 N–H and O–H groups in total. The topological polar surface area (TPSA) is 64.9 Å². The molecule has 4 nitrogen and oxygen atoms in total. The number of aromatic nitrogens is 2. The van der Waals surface area contributed by atoms with E-state index in [0.29, 0.717) is 16.7 Å². The van der Waals surface area contributed by atoms with Crippen LogP contribution in [0.4, 0.5) is 0 Å². The van der Waals surface area contributed by atoms with E-state index in [9.17, 15) is 0 Å². The van der Waals surface area contributed by atoms with Crippen molar-refractivity contribution in [3.8, 4) is 11.5 Å². The maximum Gasteiger partial charge on any atom is 0.258 e. The monoisotopic (exact) mass is 369 g/mol. The zero-order chi connectivity index (χ0) is 14.9. The van der Waals surface area contributed by atoms with Crippen LogP contribution in [0.15, 0.2) is 27.2 Å². The second kappa shape index (κ2) is 6.07. The second-order valence-electron chi connectivity index (χ2n) is 5.62. The first-order valence-corrected chi connectivity index (χ1v) is 8.34. The van der Waals surface area contributed by atoms with E-state index in [2.05, 4.69) is 26.1 Å². The smallest absolute Gasteiger partial charge is 0.258 e. The van der Waals surface area contributed by atoms with Gasteiger partial charge < -0.3 is 10.3 Å². The fourth-order valence-electron chi connectivity index (χ4n) is 2.76. The van der Waals surface area contributed by atoms with E-state index in [0.717, 1.165) is 35.7 Å². The van der Waals surface area contributed by atoms with Gasteiger partial charge >= 0.3 is 0 Å². The van der Waals surface area contributed by atoms with Gasteiger partial charge in [-0.15, -0.1) is 0 Å². The van der Waals surface area contributed by atoms with E-state index >= 15 is 0 Å². The van der Waals surface area contributed by atoms with Gasteiger partial charge in [-0.25, -0.2) is 0 Å². The maximum absolute atomic E-state index is 6.51. The fraction of sp³-hybridized carbons (Fsp3) is 0.467. The summed E-state index contributed by atoms with van der Waals surface area (Å²) in [5, 5.41) is 4.77. The lowest BCUT2D eigenvalue weighted by Crippen LogP contribution is -2.37. The van der Waals surface area contributed by atoms with Crippen LogP contribution in [0.2, 0.25) is 5.02 Å². The molecular weight excluding hydrogens is 354 g/mol. The summed E-state index contributed by atoms with van der Waals surface area (Å²) in [4.78, 5) is 4.52. The third-order valence-electron chi connectivity index (χ3n) is 4.03. The Morgan fingerprint density at radius 1 is 1.19 bits per heavy atom. The summed E-state index contributed by atoms with van der Waals surface area (Å²) in [6.45, 7) is 0. The van der Waals surface area contributed by atoms with Crippen LogP contribution in [0.1, 0.15) is 44.3 Å². The Hall–Kier alpha value is -0.910. The molecule has 3 rings (SSSR count). The van der Waals surface area contributed by atoms with Gasteiger partial charge in [0.25, 0.3) is 5.89 Å². The molecule has 1 aromatic heterocycles. The first-order valence-electron chi connectivity index (χ1n) is 7.17. The number of nitrogens with zero attached hydrogens (tertiary/aromatic N) is 2. The number of nitrogens with two attached hydrogens (primary N) is 1. The zero-order valence-electron chi connectivity index (χ0n) is 11.6. The molecule has 0 spiro atoms. The van der Waals surface area contributed by atoms with E-state index in [4.69, 9.17) is 21.9 Å². The van der Waals surface area contributed by atoms with Gasteiger partial charge in [0.1, 0.15) is 0 Å². The van der Waals surface area contributed by atoms with E-state index in [1.54, 1.807) is 6.07 Å². The molecule has 1 aliphatic carbocycles. The van der Waals surface area contributed by atoms with Gasteiger partial charge in [-0.2, -0.15) is 4.98 Å². The molecule has 0 saturated heterocycles. The second-order valence-corrected chi connectivity index (χ2v) is 6.88. The van der Waals surface area contributed by atoms with Crippen LogP contribution in [0, 0.1) is 0 Å². The highest BCUT2D eigenvalue weighted by molar-refractivity contribution is 9.10. The molecule has 0 amide bonds. The van der Waals surface area contributed by atoms with Crippen molar-refractivity contribution in [2.45, 2.75) is 44.1 Å². The van der Waals surface area contributed by atoms with Crippen molar-refractivity contribution in [3.63, 3.8) is 0 Å². The third-order valence-corrected chi connectivity index (χ3v) is 5.25. The standard InChI is InChI=1S/C15H17BrClN3O/c16-11-9-10(5-6-12(11)17)13-19-14(20-21-13)15(18)7-3-1-2-4-8-15/h5-6,9H,1-4,7-8,18H2. The molecule has 6 heteroatoms. The first kappa shape index (κ1) is 15.0. The molecule has 1 aliphatic rings. The van der Waals surface area contributed by atoms with E-state index in [1.165, 1.54) is 12.8 Å². The first-order chi connectivity index (χ1) is 10.1. The van der Waals surface area contributed by atoms with Crippen molar-refractivity contribution in [1.82, 2.24) is 10.1 Å². The lowest BCUT2D eigenvalue weighted by Gasteiger charge is -2.23. The van der Waals surface area contributed by atoms with Crippen LogP contribution >= 0.6 is 27.5 Å². The summed E-state index contributed by atoms with van der Waals surface area (Å²) in [5.41, 5.74) is 6.89. The van der Waals surface area contributed by atoms with Gasteiger partial charge in [0.2, 0.25) is 0 Å². The Morgan fingerprint density at radius 2 is 1.90 bits per heavy atom. The van der Waals surface area contributed by atoms with Crippen LogP contribution in [0.5, 0.6) is 0 Å². The number of rotatable bonds is 2. The van der Waals surface area contributed by atoms with Gasteiger partial charge in [0.15, 0.2) is 5.82 Å². The number of hydrogen-bond donors (Lipinski definition) is 1. The molecule has 0 bridgehead atoms. The predicted octanol–water partition coefficient (Wildman–Crippen LogP) is 4.66. The van der Waals surface area contributed by atoms with Gasteiger partial charge in [-0.3, -0.25) is 0 Å². The summed E-state index contributed by atoms with van der Waals surface area (Å²) < 4.78 is 6.20. The average molecular weight is 371 g/mol. The Labute approximate surface area is 137 Å². The van der Waals surface area contributed by atoms with Crippen LogP contribution in [-0.2, 0) is 5.54 Å². The summed E-state index contributed by atoms with van der Waals surface area (Å²) in [7, 11) is 0. The van der Waals surface area contributed by atoms with Crippen LogP contribution in [-0.4, -0.2) is 10.1 Å². The van der Waals surface area contributed by atoms with Crippen LogP contribution in [0.3, 0.4) is 0 Å². The Morgan fingerprint density at radius 3 is 2.57 bits per heavy atom. The molecule has 0 aliphatic heterocycles. The van der Waals surface area contributed by atoms with Crippen LogP contribution < -0.4 is 5.73 Å². The Kier molecular flexibility index (Phi) is 4.33. The largest absolute Gasteiger partial charge is 0.334 e. The van der Waals surface area contributed by atoms with Crippen molar-refractivity contribution in [2.75, 3.05) is 0 Å². The van der Waals surface area contributed by atoms with Crippen LogP contribution in [0.25, 0.3) is 11.5 Å². The lowest BCUT2D eigenvalue weighted by atomic mass is 9.91. The average Bonchev–Trinajstić information content (AvgIpc) is 2.86. The molecule has 0 unspecified atom stereocenters. The van der Waals surface area contributed by atoms with Crippen molar-refractivity contribution >= 4 is 27.5 Å². The molecule has 2 aromatic rings. The summed E-state index contributed by atoms with van der Waals surface area (Å²) in [5.74, 6) is 1.10. The molecule has 0 atom stereocenters. The van der Waals surface area contributed by atoms with Crippen molar-refractivity contribution in [3.05, 3.63) is 33.5 Å². The maximum atomic E-state index is 6.51. The SMILES string of the molecule is NC1(c2noc(-c3ccc(Cl)c(Br)c3)n2)CCCCCC1. The third kappa shape index (κ3) is 3.15. The molecule has 21 heavy (non-hydrogen) atoms. The van der Waals surface area contributed by atoms with Gasteiger partial charge in [-0.1, -0.05) is 42.4 Å². The quantitative estimate of drug-likeness (QED) is 0.781. The fourth-order valence-corrected chi connectivity index (χ4v) is 3.25. The van der Waals surface area contributed by atoms with Crippen molar-refractivity contribution in [2.24, 2.45) is 5.73 Å². The predicted molar refractivity (Wildman–Crippen MR) is 86.0 cm³/mol. The minimum Gasteiger partial charge on any atom is -0.334 e. The van der Waals surface area contributed by atoms with Gasteiger partial charge in [0, 0.05) is 10.0 Å². The highest BCUT2D eigenvalue weighted by atomic mass is 79.9.